The van der Waals surface area contributed by atoms with Crippen molar-refractivity contribution in [3.05, 3.63) is 45.4 Å². The molecule has 3 atom stereocenters. The van der Waals surface area contributed by atoms with Crippen LogP contribution in [0.15, 0.2) is 28.7 Å². The summed E-state index contributed by atoms with van der Waals surface area (Å²) in [4.78, 5) is 12.6. The number of hydrogen-bond donors (Lipinski definition) is 1. The van der Waals surface area contributed by atoms with E-state index in [4.69, 9.17) is 18.9 Å². The lowest BCUT2D eigenvalue weighted by Gasteiger charge is -2.33. The van der Waals surface area contributed by atoms with Crippen LogP contribution in [0.5, 0.6) is 23.0 Å². The number of carbonyl (C=O) groups excluding carboxylic acids is 1. The fourth-order valence-corrected chi connectivity index (χ4v) is 4.89. The predicted octanol–water partition coefficient (Wildman–Crippen LogP) is 3.37. The standard InChI is InChI=1S/C20H17BrO6/c1-24-16-5-10(3-13(21)19(16)22)17-12-6-15-14(26-8-27-15)4-9(12)2-11-7-25-20(23)18(11)17/h3-6,11,17-18,22H,2,7-8H2,1H3. The lowest BCUT2D eigenvalue weighted by atomic mass is 9.67. The zero-order chi connectivity index (χ0) is 18.7. The van der Waals surface area contributed by atoms with Crippen LogP contribution in [-0.2, 0) is 16.0 Å². The van der Waals surface area contributed by atoms with Crippen molar-refractivity contribution >= 4 is 21.9 Å². The number of aromatic hydroxyl groups is 1. The first kappa shape index (κ1) is 16.7. The number of fused-ring (bicyclic) bond motifs is 3. The average Bonchev–Trinajstić information content (AvgIpc) is 3.26. The minimum atomic E-state index is -0.279. The molecule has 2 heterocycles. The van der Waals surface area contributed by atoms with Crippen molar-refractivity contribution in [3.8, 4) is 23.0 Å². The number of carbonyl (C=O) groups is 1. The number of benzene rings is 2. The van der Waals surface area contributed by atoms with E-state index >= 15 is 0 Å². The molecule has 2 aromatic rings. The van der Waals surface area contributed by atoms with Gasteiger partial charge in [-0.1, -0.05) is 0 Å². The second-order valence-electron chi connectivity index (χ2n) is 7.06. The van der Waals surface area contributed by atoms with Crippen LogP contribution in [0.4, 0.5) is 0 Å². The summed E-state index contributed by atoms with van der Waals surface area (Å²) < 4.78 is 22.3. The highest BCUT2D eigenvalue weighted by molar-refractivity contribution is 9.10. The number of methoxy groups -OCH3 is 1. The maximum Gasteiger partial charge on any atom is 0.310 e. The SMILES string of the molecule is COc1cc(C2c3cc4c(cc3CC3COC(=O)C32)OCO4)cc(Br)c1O. The Bertz CT molecular complexity index is 956. The number of phenols is 1. The van der Waals surface area contributed by atoms with Gasteiger partial charge in [0.05, 0.1) is 24.1 Å². The summed E-state index contributed by atoms with van der Waals surface area (Å²) in [5.41, 5.74) is 3.04. The quantitative estimate of drug-likeness (QED) is 0.733. The molecule has 2 aromatic carbocycles. The van der Waals surface area contributed by atoms with E-state index in [0.29, 0.717) is 22.6 Å². The Morgan fingerprint density at radius 3 is 2.70 bits per heavy atom. The summed E-state index contributed by atoms with van der Waals surface area (Å²) in [6.45, 7) is 0.626. The number of halogens is 1. The van der Waals surface area contributed by atoms with Crippen molar-refractivity contribution < 1.29 is 28.8 Å². The summed E-state index contributed by atoms with van der Waals surface area (Å²) in [6.07, 6.45) is 0.759. The van der Waals surface area contributed by atoms with Crippen molar-refractivity contribution in [2.24, 2.45) is 11.8 Å². The molecule has 0 bridgehead atoms. The molecular formula is C20H17BrO6. The number of rotatable bonds is 2. The minimum absolute atomic E-state index is 0.0357. The Hall–Kier alpha value is -2.41. The number of esters is 1. The molecular weight excluding hydrogens is 416 g/mol. The van der Waals surface area contributed by atoms with Crippen LogP contribution in [0.1, 0.15) is 22.6 Å². The van der Waals surface area contributed by atoms with Crippen LogP contribution in [0.2, 0.25) is 0 Å². The van der Waals surface area contributed by atoms with E-state index in [-0.39, 0.29) is 36.3 Å². The van der Waals surface area contributed by atoms with E-state index < -0.39 is 0 Å². The Kier molecular flexibility index (Phi) is 3.75. The van der Waals surface area contributed by atoms with Crippen LogP contribution >= 0.6 is 15.9 Å². The molecule has 1 fully saturated rings. The highest BCUT2D eigenvalue weighted by Crippen LogP contribution is 2.51. The molecule has 0 amide bonds. The van der Waals surface area contributed by atoms with Crippen molar-refractivity contribution in [2.45, 2.75) is 12.3 Å². The number of ether oxygens (including phenoxy) is 4. The van der Waals surface area contributed by atoms with Gasteiger partial charge in [0.2, 0.25) is 6.79 Å². The lowest BCUT2D eigenvalue weighted by Crippen LogP contribution is -2.31. The van der Waals surface area contributed by atoms with E-state index in [0.717, 1.165) is 28.9 Å². The molecule has 5 rings (SSSR count). The van der Waals surface area contributed by atoms with Gasteiger partial charge < -0.3 is 24.1 Å². The second-order valence-corrected chi connectivity index (χ2v) is 7.91. The molecule has 0 radical (unpaired) electrons. The average molecular weight is 433 g/mol. The number of hydrogen-bond acceptors (Lipinski definition) is 6. The summed E-state index contributed by atoms with van der Waals surface area (Å²) in [5, 5.41) is 10.2. The van der Waals surface area contributed by atoms with Crippen molar-refractivity contribution in [1.29, 1.82) is 0 Å². The first-order chi connectivity index (χ1) is 13.1. The van der Waals surface area contributed by atoms with Gasteiger partial charge in [-0.15, -0.1) is 0 Å². The topological polar surface area (TPSA) is 74.2 Å². The molecule has 0 aromatic heterocycles. The highest BCUT2D eigenvalue weighted by atomic mass is 79.9. The maximum absolute atomic E-state index is 12.6. The Labute approximate surface area is 164 Å². The predicted molar refractivity (Wildman–Crippen MR) is 98.4 cm³/mol. The molecule has 6 nitrogen and oxygen atoms in total. The lowest BCUT2D eigenvalue weighted by molar-refractivity contribution is -0.141. The van der Waals surface area contributed by atoms with Crippen LogP contribution < -0.4 is 14.2 Å². The first-order valence-corrected chi connectivity index (χ1v) is 9.51. The van der Waals surface area contributed by atoms with Gasteiger partial charge in [-0.3, -0.25) is 4.79 Å². The van der Waals surface area contributed by atoms with Gasteiger partial charge in [-0.2, -0.15) is 0 Å². The molecule has 1 aliphatic carbocycles. The zero-order valence-corrected chi connectivity index (χ0v) is 16.1. The van der Waals surface area contributed by atoms with Crippen molar-refractivity contribution in [2.75, 3.05) is 20.5 Å². The highest BCUT2D eigenvalue weighted by Gasteiger charge is 2.48. The smallest absolute Gasteiger partial charge is 0.310 e. The molecule has 3 unspecified atom stereocenters. The van der Waals surface area contributed by atoms with Gasteiger partial charge in [-0.25, -0.2) is 0 Å². The normalized spacial score (nSPS) is 25.0. The second kappa shape index (κ2) is 6.05. The van der Waals surface area contributed by atoms with E-state index in [1.807, 2.05) is 18.2 Å². The van der Waals surface area contributed by atoms with Crippen molar-refractivity contribution in [3.63, 3.8) is 0 Å². The fourth-order valence-electron chi connectivity index (χ4n) is 4.43. The Morgan fingerprint density at radius 2 is 1.93 bits per heavy atom. The molecule has 2 aliphatic heterocycles. The van der Waals surface area contributed by atoms with Gasteiger partial charge >= 0.3 is 5.97 Å². The zero-order valence-electron chi connectivity index (χ0n) is 14.5. The van der Waals surface area contributed by atoms with Gasteiger partial charge in [0.1, 0.15) is 0 Å². The largest absolute Gasteiger partial charge is 0.503 e. The molecule has 0 spiro atoms. The van der Waals surface area contributed by atoms with Crippen LogP contribution in [-0.4, -0.2) is 31.6 Å². The number of cyclic esters (lactones) is 1. The maximum atomic E-state index is 12.6. The summed E-state index contributed by atoms with van der Waals surface area (Å²) in [7, 11) is 1.50. The minimum Gasteiger partial charge on any atom is -0.503 e. The number of phenolic OH excluding ortho intramolecular Hbond substituents is 1. The molecule has 140 valence electrons. The molecule has 7 heteroatoms. The Morgan fingerprint density at radius 1 is 1.15 bits per heavy atom. The van der Waals surface area contributed by atoms with E-state index in [1.54, 1.807) is 6.07 Å². The third-order valence-corrected chi connectivity index (χ3v) is 6.26. The summed E-state index contributed by atoms with van der Waals surface area (Å²) in [6, 6.07) is 7.60. The van der Waals surface area contributed by atoms with Gasteiger partial charge in [0.25, 0.3) is 0 Å². The van der Waals surface area contributed by atoms with Crippen LogP contribution in [0.25, 0.3) is 0 Å². The molecule has 0 saturated carbocycles. The Balaban J connectivity index is 1.72. The van der Waals surface area contributed by atoms with Crippen molar-refractivity contribution in [1.82, 2.24) is 0 Å². The van der Waals surface area contributed by atoms with E-state index in [9.17, 15) is 9.90 Å². The van der Waals surface area contributed by atoms with Gasteiger partial charge in [0.15, 0.2) is 23.0 Å². The molecule has 1 N–H and O–H groups in total. The fraction of sp³-hybridized carbons (Fsp3) is 0.350. The molecule has 3 aliphatic rings. The van der Waals surface area contributed by atoms with Gasteiger partial charge in [-0.05, 0) is 63.3 Å². The van der Waals surface area contributed by atoms with Crippen LogP contribution in [0.3, 0.4) is 0 Å². The molecule has 1 saturated heterocycles. The third kappa shape index (κ3) is 2.48. The summed E-state index contributed by atoms with van der Waals surface area (Å²) >= 11 is 3.39. The van der Waals surface area contributed by atoms with Crippen LogP contribution in [0, 0.1) is 11.8 Å². The molecule has 27 heavy (non-hydrogen) atoms. The van der Waals surface area contributed by atoms with E-state index in [2.05, 4.69) is 15.9 Å². The monoisotopic (exact) mass is 432 g/mol. The first-order valence-electron chi connectivity index (χ1n) is 8.72. The summed E-state index contributed by atoms with van der Waals surface area (Å²) in [5.74, 6) is 1.25. The van der Waals surface area contributed by atoms with Gasteiger partial charge in [0, 0.05) is 11.8 Å². The van der Waals surface area contributed by atoms with E-state index in [1.165, 1.54) is 7.11 Å². The third-order valence-electron chi connectivity index (χ3n) is 5.66.